The van der Waals surface area contributed by atoms with Crippen molar-refractivity contribution in [2.75, 3.05) is 13.2 Å². The van der Waals surface area contributed by atoms with Gasteiger partial charge >= 0.3 is 5.97 Å². The van der Waals surface area contributed by atoms with Crippen LogP contribution in [0.15, 0.2) is 0 Å². The van der Waals surface area contributed by atoms with Gasteiger partial charge in [-0.1, -0.05) is 25.7 Å². The molecule has 3 unspecified atom stereocenters. The molecular formula is C17H29NO3. The Morgan fingerprint density at radius 1 is 1.14 bits per heavy atom. The minimum absolute atomic E-state index is 0.133. The number of rotatable bonds is 4. The SMILES string of the molecule is O=C(O)C1CCCCC1CNC1CCOC2(CCCC2)C1. The molecule has 0 bridgehead atoms. The summed E-state index contributed by atoms with van der Waals surface area (Å²) in [4.78, 5) is 11.4. The highest BCUT2D eigenvalue weighted by Crippen LogP contribution is 2.40. The topological polar surface area (TPSA) is 58.6 Å². The Kier molecular flexibility index (Phi) is 4.85. The lowest BCUT2D eigenvalue weighted by Gasteiger charge is -2.39. The second-order valence-corrected chi connectivity index (χ2v) is 7.33. The molecule has 2 aliphatic carbocycles. The summed E-state index contributed by atoms with van der Waals surface area (Å²) in [6, 6.07) is 0.522. The van der Waals surface area contributed by atoms with Crippen LogP contribution >= 0.6 is 0 Å². The van der Waals surface area contributed by atoms with E-state index in [0.717, 1.165) is 45.3 Å². The van der Waals surface area contributed by atoms with Gasteiger partial charge in [-0.25, -0.2) is 0 Å². The van der Waals surface area contributed by atoms with Crippen molar-refractivity contribution in [1.82, 2.24) is 5.32 Å². The lowest BCUT2D eigenvalue weighted by molar-refractivity contribution is -0.145. The molecule has 2 saturated carbocycles. The van der Waals surface area contributed by atoms with E-state index in [9.17, 15) is 9.90 Å². The fourth-order valence-electron chi connectivity index (χ4n) is 4.66. The highest BCUT2D eigenvalue weighted by atomic mass is 16.5. The first-order valence-electron chi connectivity index (χ1n) is 8.79. The van der Waals surface area contributed by atoms with Crippen molar-refractivity contribution in [2.45, 2.75) is 75.9 Å². The van der Waals surface area contributed by atoms with E-state index in [0.29, 0.717) is 12.0 Å². The van der Waals surface area contributed by atoms with Gasteiger partial charge in [-0.05, 0) is 51.0 Å². The Morgan fingerprint density at radius 3 is 2.67 bits per heavy atom. The van der Waals surface area contributed by atoms with Crippen molar-refractivity contribution in [1.29, 1.82) is 0 Å². The van der Waals surface area contributed by atoms with Gasteiger partial charge in [-0.3, -0.25) is 4.79 Å². The number of ether oxygens (including phenoxy) is 1. The van der Waals surface area contributed by atoms with Crippen LogP contribution in [0.3, 0.4) is 0 Å². The molecule has 1 spiro atoms. The predicted molar refractivity (Wildman–Crippen MR) is 81.3 cm³/mol. The number of carboxylic acid groups (broad SMARTS) is 1. The molecule has 1 heterocycles. The Bertz CT molecular complexity index is 365. The average molecular weight is 295 g/mol. The first kappa shape index (κ1) is 15.3. The molecule has 120 valence electrons. The van der Waals surface area contributed by atoms with Crippen molar-refractivity contribution in [2.24, 2.45) is 11.8 Å². The maximum Gasteiger partial charge on any atom is 0.306 e. The smallest absolute Gasteiger partial charge is 0.306 e. The van der Waals surface area contributed by atoms with Crippen LogP contribution in [0, 0.1) is 11.8 Å². The van der Waals surface area contributed by atoms with Gasteiger partial charge in [-0.15, -0.1) is 0 Å². The van der Waals surface area contributed by atoms with Crippen LogP contribution in [0.5, 0.6) is 0 Å². The molecule has 21 heavy (non-hydrogen) atoms. The Hall–Kier alpha value is -0.610. The molecule has 3 fully saturated rings. The van der Waals surface area contributed by atoms with Crippen LogP contribution in [0.25, 0.3) is 0 Å². The van der Waals surface area contributed by atoms with Gasteiger partial charge in [0.25, 0.3) is 0 Å². The summed E-state index contributed by atoms with van der Waals surface area (Å²) in [6.07, 6.45) is 11.4. The molecule has 1 saturated heterocycles. The van der Waals surface area contributed by atoms with E-state index in [-0.39, 0.29) is 11.5 Å². The summed E-state index contributed by atoms with van der Waals surface area (Å²) >= 11 is 0. The van der Waals surface area contributed by atoms with Crippen molar-refractivity contribution in [3.8, 4) is 0 Å². The summed E-state index contributed by atoms with van der Waals surface area (Å²) in [5, 5.41) is 13.0. The second-order valence-electron chi connectivity index (χ2n) is 7.33. The monoisotopic (exact) mass is 295 g/mol. The zero-order valence-electron chi connectivity index (χ0n) is 13.0. The predicted octanol–water partition coefficient (Wildman–Crippen LogP) is 2.96. The van der Waals surface area contributed by atoms with Gasteiger partial charge in [0.2, 0.25) is 0 Å². The fourth-order valence-corrected chi connectivity index (χ4v) is 4.66. The molecule has 4 nitrogen and oxygen atoms in total. The summed E-state index contributed by atoms with van der Waals surface area (Å²) in [6.45, 7) is 1.74. The Labute approximate surface area is 127 Å². The quantitative estimate of drug-likeness (QED) is 0.837. The second kappa shape index (κ2) is 6.66. The highest BCUT2D eigenvalue weighted by molar-refractivity contribution is 5.70. The van der Waals surface area contributed by atoms with Gasteiger partial charge in [0.1, 0.15) is 0 Å². The molecule has 0 amide bonds. The summed E-state index contributed by atoms with van der Waals surface area (Å²) < 4.78 is 6.07. The molecule has 1 aliphatic heterocycles. The van der Waals surface area contributed by atoms with Crippen LogP contribution in [0.1, 0.15) is 64.2 Å². The van der Waals surface area contributed by atoms with E-state index in [1.165, 1.54) is 32.1 Å². The molecule has 3 rings (SSSR count). The average Bonchev–Trinajstić information content (AvgIpc) is 2.93. The fraction of sp³-hybridized carbons (Fsp3) is 0.941. The normalized spacial score (nSPS) is 35.9. The Morgan fingerprint density at radius 2 is 1.90 bits per heavy atom. The number of aliphatic carboxylic acids is 1. The van der Waals surface area contributed by atoms with Crippen molar-refractivity contribution >= 4 is 5.97 Å². The van der Waals surface area contributed by atoms with Crippen LogP contribution < -0.4 is 5.32 Å². The molecular weight excluding hydrogens is 266 g/mol. The summed E-state index contributed by atoms with van der Waals surface area (Å²) in [5.74, 6) is -0.411. The zero-order valence-corrected chi connectivity index (χ0v) is 13.0. The van der Waals surface area contributed by atoms with Crippen LogP contribution in [-0.4, -0.2) is 35.9 Å². The van der Waals surface area contributed by atoms with Crippen molar-refractivity contribution < 1.29 is 14.6 Å². The van der Waals surface area contributed by atoms with E-state index in [4.69, 9.17) is 4.74 Å². The van der Waals surface area contributed by atoms with E-state index in [1.807, 2.05) is 0 Å². The molecule has 3 aliphatic rings. The highest BCUT2D eigenvalue weighted by Gasteiger charge is 2.40. The standard InChI is InChI=1S/C17H29NO3/c19-16(20)15-6-2-1-5-13(15)12-18-14-7-10-21-17(11-14)8-3-4-9-17/h13-15,18H,1-12H2,(H,19,20). The van der Waals surface area contributed by atoms with Crippen LogP contribution in [0.4, 0.5) is 0 Å². The molecule has 0 aromatic rings. The largest absolute Gasteiger partial charge is 0.481 e. The first-order chi connectivity index (χ1) is 10.2. The number of carbonyl (C=O) groups is 1. The molecule has 2 N–H and O–H groups in total. The molecule has 0 aromatic carbocycles. The minimum Gasteiger partial charge on any atom is -0.481 e. The van der Waals surface area contributed by atoms with E-state index in [2.05, 4.69) is 5.32 Å². The Balaban J connectivity index is 1.50. The third kappa shape index (κ3) is 3.59. The summed E-state index contributed by atoms with van der Waals surface area (Å²) in [5.41, 5.74) is 0.148. The summed E-state index contributed by atoms with van der Waals surface area (Å²) in [7, 11) is 0. The van der Waals surface area contributed by atoms with E-state index < -0.39 is 5.97 Å². The number of hydrogen-bond acceptors (Lipinski definition) is 3. The number of nitrogens with one attached hydrogen (secondary N) is 1. The lowest BCUT2D eigenvalue weighted by Crippen LogP contribution is -2.47. The zero-order chi connectivity index (χ0) is 14.7. The van der Waals surface area contributed by atoms with Gasteiger partial charge < -0.3 is 15.2 Å². The maximum atomic E-state index is 11.4. The molecule has 3 atom stereocenters. The van der Waals surface area contributed by atoms with E-state index >= 15 is 0 Å². The molecule has 4 heteroatoms. The molecule has 0 radical (unpaired) electrons. The minimum atomic E-state index is -0.597. The van der Waals surface area contributed by atoms with E-state index in [1.54, 1.807) is 0 Å². The van der Waals surface area contributed by atoms with Gasteiger partial charge in [0.15, 0.2) is 0 Å². The first-order valence-corrected chi connectivity index (χ1v) is 8.79. The van der Waals surface area contributed by atoms with Crippen LogP contribution in [-0.2, 0) is 9.53 Å². The van der Waals surface area contributed by atoms with Gasteiger partial charge in [0, 0.05) is 12.6 Å². The van der Waals surface area contributed by atoms with Crippen LogP contribution in [0.2, 0.25) is 0 Å². The van der Waals surface area contributed by atoms with Crippen molar-refractivity contribution in [3.05, 3.63) is 0 Å². The van der Waals surface area contributed by atoms with Gasteiger partial charge in [0.05, 0.1) is 11.5 Å². The van der Waals surface area contributed by atoms with Crippen molar-refractivity contribution in [3.63, 3.8) is 0 Å². The number of carboxylic acids is 1. The third-order valence-electron chi connectivity index (χ3n) is 5.90. The third-order valence-corrected chi connectivity index (χ3v) is 5.90. The van der Waals surface area contributed by atoms with Gasteiger partial charge in [-0.2, -0.15) is 0 Å². The maximum absolute atomic E-state index is 11.4. The lowest BCUT2D eigenvalue weighted by atomic mass is 9.79. The number of hydrogen-bond donors (Lipinski definition) is 2. The molecule has 0 aromatic heterocycles.